The Morgan fingerprint density at radius 2 is 2.07 bits per heavy atom. The molecule has 0 aromatic heterocycles. The predicted molar refractivity (Wildman–Crippen MR) is 62.1 cm³/mol. The first-order valence-corrected chi connectivity index (χ1v) is 6.12. The van der Waals surface area contributed by atoms with Gasteiger partial charge in [-0.05, 0) is 42.1 Å². The fourth-order valence-electron chi connectivity index (χ4n) is 3.21. The normalized spacial score (nSPS) is 41.8. The minimum Gasteiger partial charge on any atom is -0.0811 e. The zero-order valence-corrected chi connectivity index (χ0v) is 9.66. The largest absolute Gasteiger partial charge is 0.0811 e. The van der Waals surface area contributed by atoms with Crippen LogP contribution < -0.4 is 0 Å². The monoisotopic (exact) mass is 190 g/mol. The van der Waals surface area contributed by atoms with Crippen molar-refractivity contribution in [3.8, 4) is 0 Å². The lowest BCUT2D eigenvalue weighted by Gasteiger charge is -2.38. The van der Waals surface area contributed by atoms with E-state index in [1.165, 1.54) is 19.3 Å². The number of hydrogen-bond acceptors (Lipinski definition) is 0. The first-order chi connectivity index (χ1) is 6.72. The highest BCUT2D eigenvalue weighted by Crippen LogP contribution is 2.42. The van der Waals surface area contributed by atoms with E-state index in [1.54, 1.807) is 5.57 Å². The zero-order chi connectivity index (χ0) is 10.1. The van der Waals surface area contributed by atoms with Gasteiger partial charge in [-0.3, -0.25) is 0 Å². The second-order valence-electron chi connectivity index (χ2n) is 5.12. The topological polar surface area (TPSA) is 0 Å². The molecule has 4 atom stereocenters. The molecule has 2 aliphatic carbocycles. The van der Waals surface area contributed by atoms with Gasteiger partial charge >= 0.3 is 0 Å². The average Bonchev–Trinajstić information content (AvgIpc) is 2.18. The summed E-state index contributed by atoms with van der Waals surface area (Å²) < 4.78 is 0. The minimum absolute atomic E-state index is 0.788. The standard InChI is InChI=1S/C14H22/c1-4-13-11(3)6-7-12-9-10(2)5-8-14(12)13/h6-7,9-11,13-14H,4-5,8H2,1-3H3. The lowest BCUT2D eigenvalue weighted by Crippen LogP contribution is -2.27. The fraction of sp³-hybridized carbons (Fsp3) is 0.714. The third-order valence-electron chi connectivity index (χ3n) is 4.09. The first kappa shape index (κ1) is 10.0. The summed E-state index contributed by atoms with van der Waals surface area (Å²) in [7, 11) is 0. The lowest BCUT2D eigenvalue weighted by atomic mass is 9.67. The molecular formula is C14H22. The van der Waals surface area contributed by atoms with Gasteiger partial charge in [-0.1, -0.05) is 45.4 Å². The third-order valence-corrected chi connectivity index (χ3v) is 4.09. The van der Waals surface area contributed by atoms with Gasteiger partial charge in [0.1, 0.15) is 0 Å². The number of rotatable bonds is 1. The quantitative estimate of drug-likeness (QED) is 0.581. The summed E-state index contributed by atoms with van der Waals surface area (Å²) in [6, 6.07) is 0. The molecule has 0 N–H and O–H groups in total. The van der Waals surface area contributed by atoms with Gasteiger partial charge in [-0.2, -0.15) is 0 Å². The Kier molecular flexibility index (Phi) is 2.80. The minimum atomic E-state index is 0.788. The summed E-state index contributed by atoms with van der Waals surface area (Å²) in [4.78, 5) is 0. The molecule has 0 aliphatic heterocycles. The summed E-state index contributed by atoms with van der Waals surface area (Å²) in [6.45, 7) is 7.06. The van der Waals surface area contributed by atoms with Crippen LogP contribution in [-0.4, -0.2) is 0 Å². The van der Waals surface area contributed by atoms with E-state index in [0.717, 1.165) is 23.7 Å². The van der Waals surface area contributed by atoms with Crippen LogP contribution in [0.25, 0.3) is 0 Å². The van der Waals surface area contributed by atoms with Crippen LogP contribution in [0.15, 0.2) is 23.8 Å². The van der Waals surface area contributed by atoms with E-state index >= 15 is 0 Å². The van der Waals surface area contributed by atoms with Crippen molar-refractivity contribution in [3.05, 3.63) is 23.8 Å². The smallest absolute Gasteiger partial charge is 0.0131 e. The maximum Gasteiger partial charge on any atom is -0.0131 e. The molecule has 0 fully saturated rings. The third kappa shape index (κ3) is 1.67. The van der Waals surface area contributed by atoms with Crippen molar-refractivity contribution in [1.82, 2.24) is 0 Å². The van der Waals surface area contributed by atoms with E-state index in [2.05, 4.69) is 39.0 Å². The molecule has 0 saturated heterocycles. The van der Waals surface area contributed by atoms with Crippen LogP contribution in [0.3, 0.4) is 0 Å². The molecule has 0 bridgehead atoms. The number of hydrogen-bond donors (Lipinski definition) is 0. The van der Waals surface area contributed by atoms with Gasteiger partial charge in [0.15, 0.2) is 0 Å². The molecule has 2 aliphatic rings. The second kappa shape index (κ2) is 3.92. The molecule has 0 saturated carbocycles. The van der Waals surface area contributed by atoms with E-state index in [-0.39, 0.29) is 0 Å². The van der Waals surface area contributed by atoms with Crippen LogP contribution >= 0.6 is 0 Å². The molecule has 2 rings (SSSR count). The highest BCUT2D eigenvalue weighted by molar-refractivity contribution is 5.29. The molecule has 0 spiro atoms. The lowest BCUT2D eigenvalue weighted by molar-refractivity contribution is 0.257. The van der Waals surface area contributed by atoms with E-state index in [0.29, 0.717) is 0 Å². The molecule has 4 unspecified atom stereocenters. The van der Waals surface area contributed by atoms with Gasteiger partial charge < -0.3 is 0 Å². The Morgan fingerprint density at radius 1 is 1.29 bits per heavy atom. The van der Waals surface area contributed by atoms with Gasteiger partial charge in [0.2, 0.25) is 0 Å². The van der Waals surface area contributed by atoms with Crippen molar-refractivity contribution >= 4 is 0 Å². The van der Waals surface area contributed by atoms with Gasteiger partial charge in [0.05, 0.1) is 0 Å². The molecular weight excluding hydrogens is 168 g/mol. The molecule has 14 heavy (non-hydrogen) atoms. The average molecular weight is 190 g/mol. The summed E-state index contributed by atoms with van der Waals surface area (Å²) in [5.41, 5.74) is 1.63. The number of fused-ring (bicyclic) bond motifs is 1. The maximum absolute atomic E-state index is 2.50. The molecule has 0 heterocycles. The summed E-state index contributed by atoms with van der Waals surface area (Å²) in [5, 5.41) is 0. The van der Waals surface area contributed by atoms with Crippen molar-refractivity contribution in [3.63, 3.8) is 0 Å². The molecule has 0 aromatic rings. The van der Waals surface area contributed by atoms with Crippen molar-refractivity contribution in [2.75, 3.05) is 0 Å². The van der Waals surface area contributed by atoms with Crippen LogP contribution in [0.1, 0.15) is 40.0 Å². The predicted octanol–water partition coefficient (Wildman–Crippen LogP) is 4.19. The SMILES string of the molecule is CCC1C(C)C=CC2=CC(C)CCC21. The van der Waals surface area contributed by atoms with Crippen LogP contribution in [0.2, 0.25) is 0 Å². The maximum atomic E-state index is 2.50. The Hall–Kier alpha value is -0.520. The van der Waals surface area contributed by atoms with Crippen LogP contribution in [0.4, 0.5) is 0 Å². The zero-order valence-electron chi connectivity index (χ0n) is 9.66. The molecule has 0 aromatic carbocycles. The first-order valence-electron chi connectivity index (χ1n) is 6.12. The van der Waals surface area contributed by atoms with Gasteiger partial charge in [-0.25, -0.2) is 0 Å². The van der Waals surface area contributed by atoms with Crippen molar-refractivity contribution in [1.29, 1.82) is 0 Å². The summed E-state index contributed by atoms with van der Waals surface area (Å²) >= 11 is 0. The van der Waals surface area contributed by atoms with E-state index in [9.17, 15) is 0 Å². The second-order valence-corrected chi connectivity index (χ2v) is 5.12. The van der Waals surface area contributed by atoms with E-state index in [4.69, 9.17) is 0 Å². The molecule has 0 heteroatoms. The van der Waals surface area contributed by atoms with E-state index in [1.807, 2.05) is 0 Å². The van der Waals surface area contributed by atoms with Gasteiger partial charge in [-0.15, -0.1) is 0 Å². The molecule has 0 amide bonds. The van der Waals surface area contributed by atoms with Crippen molar-refractivity contribution < 1.29 is 0 Å². The molecule has 0 nitrogen and oxygen atoms in total. The molecule has 0 radical (unpaired) electrons. The fourth-order valence-corrected chi connectivity index (χ4v) is 3.21. The van der Waals surface area contributed by atoms with Gasteiger partial charge in [0, 0.05) is 0 Å². The number of allylic oxidation sites excluding steroid dienone is 4. The van der Waals surface area contributed by atoms with Crippen LogP contribution in [0, 0.1) is 23.7 Å². The highest BCUT2D eigenvalue weighted by atomic mass is 14.4. The van der Waals surface area contributed by atoms with Crippen molar-refractivity contribution in [2.45, 2.75) is 40.0 Å². The Balaban J connectivity index is 2.26. The van der Waals surface area contributed by atoms with Crippen LogP contribution in [0.5, 0.6) is 0 Å². The van der Waals surface area contributed by atoms with Gasteiger partial charge in [0.25, 0.3) is 0 Å². The Morgan fingerprint density at radius 3 is 2.79 bits per heavy atom. The summed E-state index contributed by atoms with van der Waals surface area (Å²) in [6.07, 6.45) is 11.4. The van der Waals surface area contributed by atoms with E-state index < -0.39 is 0 Å². The molecule has 78 valence electrons. The Labute approximate surface area is 88.1 Å². The Bertz CT molecular complexity index is 259. The highest BCUT2D eigenvalue weighted by Gasteiger charge is 2.31. The van der Waals surface area contributed by atoms with Crippen LogP contribution in [-0.2, 0) is 0 Å². The van der Waals surface area contributed by atoms with Crippen molar-refractivity contribution in [2.24, 2.45) is 23.7 Å². The summed E-state index contributed by atoms with van der Waals surface area (Å²) in [5.74, 6) is 3.36.